The van der Waals surface area contributed by atoms with Crippen LogP contribution in [0.2, 0.25) is 0 Å². The van der Waals surface area contributed by atoms with Crippen molar-refractivity contribution in [1.29, 1.82) is 0 Å². The zero-order chi connectivity index (χ0) is 14.8. The highest BCUT2D eigenvalue weighted by atomic mass is 32.1. The summed E-state index contributed by atoms with van der Waals surface area (Å²) >= 11 is 0.372. The highest BCUT2D eigenvalue weighted by Crippen LogP contribution is 2.33. The zero-order valence-electron chi connectivity index (χ0n) is 10.0. The molecule has 0 aliphatic rings. The van der Waals surface area contributed by atoms with Gasteiger partial charge in [0.25, 0.3) is 0 Å². The summed E-state index contributed by atoms with van der Waals surface area (Å²) in [7, 11) is 0. The van der Waals surface area contributed by atoms with Crippen molar-refractivity contribution < 1.29 is 17.6 Å². The molecule has 3 N–H and O–H groups in total. The van der Waals surface area contributed by atoms with Crippen molar-refractivity contribution >= 4 is 16.5 Å². The quantitative estimate of drug-likeness (QED) is 0.853. The molecule has 0 aliphatic carbocycles. The molecule has 0 amide bonds. The van der Waals surface area contributed by atoms with Gasteiger partial charge >= 0.3 is 6.18 Å². The van der Waals surface area contributed by atoms with Crippen LogP contribution in [0.1, 0.15) is 16.1 Å². The standard InChI is InChI=1S/C11H10F4N4S/c12-8-3-6(4-16)1-2-7(8)5-17-10-19-18-9(20-10)11(13,14)15/h1-3H,4-5,16H2,(H,17,19). The number of benzene rings is 1. The number of alkyl halides is 3. The summed E-state index contributed by atoms with van der Waals surface area (Å²) in [5.41, 5.74) is 6.32. The summed E-state index contributed by atoms with van der Waals surface area (Å²) in [6, 6.07) is 4.47. The molecule has 9 heteroatoms. The summed E-state index contributed by atoms with van der Waals surface area (Å²) in [6.07, 6.45) is -4.52. The Morgan fingerprint density at radius 1 is 1.25 bits per heavy atom. The Labute approximate surface area is 115 Å². The summed E-state index contributed by atoms with van der Waals surface area (Å²) in [4.78, 5) is 0. The lowest BCUT2D eigenvalue weighted by molar-refractivity contribution is -0.138. The molecule has 1 heterocycles. The van der Waals surface area contributed by atoms with Crippen molar-refractivity contribution in [1.82, 2.24) is 10.2 Å². The maximum absolute atomic E-state index is 13.6. The van der Waals surface area contributed by atoms with Crippen molar-refractivity contribution in [3.63, 3.8) is 0 Å². The summed E-state index contributed by atoms with van der Waals surface area (Å²) in [6.45, 7) is 0.235. The van der Waals surface area contributed by atoms with Crippen LogP contribution in [0.4, 0.5) is 22.7 Å². The van der Waals surface area contributed by atoms with Gasteiger partial charge in [-0.25, -0.2) is 4.39 Å². The van der Waals surface area contributed by atoms with Gasteiger partial charge in [0, 0.05) is 18.7 Å². The number of hydrogen-bond acceptors (Lipinski definition) is 5. The average Bonchev–Trinajstić information content (AvgIpc) is 2.86. The van der Waals surface area contributed by atoms with E-state index in [2.05, 4.69) is 15.5 Å². The average molecular weight is 306 g/mol. The van der Waals surface area contributed by atoms with Gasteiger partial charge in [0.05, 0.1) is 0 Å². The Hall–Kier alpha value is -1.74. The van der Waals surface area contributed by atoms with Crippen LogP contribution in [-0.2, 0) is 19.3 Å². The number of nitrogens with zero attached hydrogens (tertiary/aromatic N) is 2. The molecule has 0 saturated carbocycles. The minimum atomic E-state index is -4.52. The van der Waals surface area contributed by atoms with Crippen LogP contribution in [0.25, 0.3) is 0 Å². The van der Waals surface area contributed by atoms with Crippen LogP contribution in [0.15, 0.2) is 18.2 Å². The third kappa shape index (κ3) is 3.42. The van der Waals surface area contributed by atoms with Gasteiger partial charge in [-0.2, -0.15) is 13.2 Å². The van der Waals surface area contributed by atoms with Crippen LogP contribution >= 0.6 is 11.3 Å². The fourth-order valence-corrected chi connectivity index (χ4v) is 2.05. The molecule has 1 aromatic carbocycles. The van der Waals surface area contributed by atoms with E-state index in [4.69, 9.17) is 5.73 Å². The van der Waals surface area contributed by atoms with E-state index in [9.17, 15) is 17.6 Å². The minimum Gasteiger partial charge on any atom is -0.356 e. The maximum Gasteiger partial charge on any atom is 0.445 e. The molecule has 0 unspecified atom stereocenters. The normalized spacial score (nSPS) is 11.7. The lowest BCUT2D eigenvalue weighted by Gasteiger charge is -2.05. The zero-order valence-corrected chi connectivity index (χ0v) is 10.9. The monoisotopic (exact) mass is 306 g/mol. The molecule has 0 radical (unpaired) electrons. The van der Waals surface area contributed by atoms with Crippen molar-refractivity contribution in [2.45, 2.75) is 19.3 Å². The highest BCUT2D eigenvalue weighted by molar-refractivity contribution is 7.15. The second-order valence-corrected chi connectivity index (χ2v) is 4.87. The van der Waals surface area contributed by atoms with Gasteiger partial charge in [-0.05, 0) is 11.6 Å². The van der Waals surface area contributed by atoms with E-state index < -0.39 is 17.0 Å². The largest absolute Gasteiger partial charge is 0.445 e. The molecule has 20 heavy (non-hydrogen) atoms. The van der Waals surface area contributed by atoms with Crippen LogP contribution in [0, 0.1) is 5.82 Å². The molecule has 0 saturated heterocycles. The molecule has 0 bridgehead atoms. The van der Waals surface area contributed by atoms with E-state index in [0.717, 1.165) is 0 Å². The predicted octanol–water partition coefficient (Wildman–Crippen LogP) is 2.77. The van der Waals surface area contributed by atoms with E-state index in [1.54, 1.807) is 6.07 Å². The first-order valence-corrected chi connectivity index (χ1v) is 6.33. The van der Waals surface area contributed by atoms with Crippen LogP contribution in [-0.4, -0.2) is 10.2 Å². The van der Waals surface area contributed by atoms with Crippen LogP contribution < -0.4 is 11.1 Å². The molecular formula is C11H10F4N4S. The Kier molecular flexibility index (Phi) is 4.19. The number of halogens is 4. The summed E-state index contributed by atoms with van der Waals surface area (Å²) < 4.78 is 50.6. The fourth-order valence-electron chi connectivity index (χ4n) is 1.44. The third-order valence-corrected chi connectivity index (χ3v) is 3.38. The maximum atomic E-state index is 13.6. The molecule has 0 atom stereocenters. The van der Waals surface area contributed by atoms with Crippen molar-refractivity contribution in [3.05, 3.63) is 40.2 Å². The number of nitrogens with two attached hydrogens (primary N) is 1. The van der Waals surface area contributed by atoms with Crippen LogP contribution in [0.5, 0.6) is 0 Å². The molecule has 1 aromatic heterocycles. The van der Waals surface area contributed by atoms with Gasteiger partial charge in [-0.3, -0.25) is 0 Å². The highest BCUT2D eigenvalue weighted by Gasteiger charge is 2.35. The molecule has 0 spiro atoms. The van der Waals surface area contributed by atoms with Crippen molar-refractivity contribution in [2.75, 3.05) is 5.32 Å². The molecule has 108 valence electrons. The Balaban J connectivity index is 2.04. The molecule has 0 aliphatic heterocycles. The minimum absolute atomic E-state index is 0.0142. The molecule has 4 nitrogen and oxygen atoms in total. The topological polar surface area (TPSA) is 63.8 Å². The SMILES string of the molecule is NCc1ccc(CNc2nnc(C(F)(F)F)s2)c(F)c1. The van der Waals surface area contributed by atoms with Gasteiger partial charge in [-0.1, -0.05) is 23.5 Å². The number of nitrogens with one attached hydrogen (secondary N) is 1. The van der Waals surface area contributed by atoms with Crippen LogP contribution in [0.3, 0.4) is 0 Å². The van der Waals surface area contributed by atoms with E-state index in [0.29, 0.717) is 22.5 Å². The fraction of sp³-hybridized carbons (Fsp3) is 0.273. The predicted molar refractivity (Wildman–Crippen MR) is 66.5 cm³/mol. The molecule has 2 rings (SSSR count). The van der Waals surface area contributed by atoms with Gasteiger partial charge in [0.15, 0.2) is 0 Å². The Morgan fingerprint density at radius 2 is 2.00 bits per heavy atom. The van der Waals surface area contributed by atoms with Gasteiger partial charge < -0.3 is 11.1 Å². The number of rotatable bonds is 4. The van der Waals surface area contributed by atoms with E-state index in [-0.39, 0.29) is 18.2 Å². The summed E-state index contributed by atoms with van der Waals surface area (Å²) in [5.74, 6) is -0.471. The molecule has 2 aromatic rings. The summed E-state index contributed by atoms with van der Waals surface area (Å²) in [5, 5.41) is 7.92. The third-order valence-electron chi connectivity index (χ3n) is 2.45. The second kappa shape index (κ2) is 5.71. The van der Waals surface area contributed by atoms with E-state index in [1.807, 2.05) is 0 Å². The number of aromatic nitrogens is 2. The van der Waals surface area contributed by atoms with Crippen molar-refractivity contribution in [2.24, 2.45) is 5.73 Å². The van der Waals surface area contributed by atoms with Crippen molar-refractivity contribution in [3.8, 4) is 0 Å². The van der Waals surface area contributed by atoms with Gasteiger partial charge in [0.1, 0.15) is 5.82 Å². The lowest BCUT2D eigenvalue weighted by atomic mass is 10.1. The number of hydrogen-bond donors (Lipinski definition) is 2. The first-order chi connectivity index (χ1) is 9.40. The Bertz CT molecular complexity index is 596. The molecule has 0 fully saturated rings. The first-order valence-electron chi connectivity index (χ1n) is 5.52. The van der Waals surface area contributed by atoms with Gasteiger partial charge in [-0.15, -0.1) is 10.2 Å². The van der Waals surface area contributed by atoms with E-state index >= 15 is 0 Å². The number of anilines is 1. The second-order valence-electron chi connectivity index (χ2n) is 3.89. The Morgan fingerprint density at radius 3 is 2.55 bits per heavy atom. The smallest absolute Gasteiger partial charge is 0.356 e. The first kappa shape index (κ1) is 14.7. The van der Waals surface area contributed by atoms with Gasteiger partial charge in [0.2, 0.25) is 10.1 Å². The molecular weight excluding hydrogens is 296 g/mol. The lowest BCUT2D eigenvalue weighted by Crippen LogP contribution is -2.03. The van der Waals surface area contributed by atoms with E-state index in [1.165, 1.54) is 12.1 Å².